The van der Waals surface area contributed by atoms with E-state index in [2.05, 4.69) is 18.6 Å². The lowest BCUT2D eigenvalue weighted by Gasteiger charge is -2.11. The molecule has 0 aromatic carbocycles. The van der Waals surface area contributed by atoms with E-state index in [0.29, 0.717) is 13.0 Å². The molecule has 0 aliphatic heterocycles. The monoisotopic (exact) mass is 288 g/mol. The molecule has 0 aliphatic rings. The molecule has 0 bridgehead atoms. The number of nitrogens with one attached hydrogen (secondary N) is 1. The molecule has 1 atom stereocenters. The summed E-state index contributed by atoms with van der Waals surface area (Å²) in [4.78, 5) is 0. The van der Waals surface area contributed by atoms with Crippen LogP contribution >= 0.6 is 0 Å². The lowest BCUT2D eigenvalue weighted by molar-refractivity contribution is 0.555. The molecular weight excluding hydrogens is 260 g/mol. The molecule has 0 aliphatic carbocycles. The zero-order valence-corrected chi connectivity index (χ0v) is 13.1. The summed E-state index contributed by atoms with van der Waals surface area (Å²) >= 11 is 0. The third-order valence-electron chi connectivity index (χ3n) is 3.17. The van der Waals surface area contributed by atoms with E-state index in [-0.39, 0.29) is 0 Å². The molecule has 0 saturated heterocycles. The van der Waals surface area contributed by atoms with Gasteiger partial charge in [-0.15, -0.1) is 0 Å². The summed E-state index contributed by atoms with van der Waals surface area (Å²) in [6.07, 6.45) is 8.60. The van der Waals surface area contributed by atoms with Crippen LogP contribution in [0.3, 0.4) is 0 Å². The van der Waals surface area contributed by atoms with Crippen LogP contribution in [-0.4, -0.2) is 20.2 Å². The van der Waals surface area contributed by atoms with E-state index in [0.717, 1.165) is 51.4 Å². The molecule has 1 N–H and O–H groups in total. The van der Waals surface area contributed by atoms with Gasteiger partial charge in [0.1, 0.15) is 0 Å². The number of nitrogens with zero attached hydrogens (tertiary/aromatic N) is 1. The van der Waals surface area contributed by atoms with Gasteiger partial charge in [-0.2, -0.15) is 5.26 Å². The second-order valence-electron chi connectivity index (χ2n) is 4.97. The summed E-state index contributed by atoms with van der Waals surface area (Å²) in [6, 6.07) is 1.92. The number of hydrogen-bond donors (Lipinski definition) is 1. The maximum atomic E-state index is 11.9. The van der Waals surface area contributed by atoms with E-state index in [4.69, 9.17) is 5.26 Å². The molecule has 1 unspecified atom stereocenters. The Balaban J connectivity index is 4.01. The fourth-order valence-corrected chi connectivity index (χ4v) is 3.16. The van der Waals surface area contributed by atoms with Crippen LogP contribution in [-0.2, 0) is 10.0 Å². The third kappa shape index (κ3) is 9.01. The first kappa shape index (κ1) is 18.4. The van der Waals surface area contributed by atoms with Crippen LogP contribution in [0.5, 0.6) is 0 Å². The quantitative estimate of drug-likeness (QED) is 0.560. The number of sulfonamides is 1. The predicted octanol–water partition coefficient (Wildman–Crippen LogP) is 3.35. The van der Waals surface area contributed by atoms with E-state index in [1.165, 1.54) is 0 Å². The SMILES string of the molecule is CCCCCCNS(=O)(=O)C(C#N)CCCCCC. The van der Waals surface area contributed by atoms with Crippen LogP contribution in [0.15, 0.2) is 0 Å². The smallest absolute Gasteiger partial charge is 0.214 e. The fourth-order valence-electron chi connectivity index (χ4n) is 1.91. The summed E-state index contributed by atoms with van der Waals surface area (Å²) < 4.78 is 26.4. The Morgan fingerprint density at radius 2 is 1.58 bits per heavy atom. The van der Waals surface area contributed by atoms with Gasteiger partial charge in [0, 0.05) is 6.54 Å². The fraction of sp³-hybridized carbons (Fsp3) is 0.929. The van der Waals surface area contributed by atoms with E-state index >= 15 is 0 Å². The van der Waals surface area contributed by atoms with Crippen molar-refractivity contribution in [3.05, 3.63) is 0 Å². The van der Waals surface area contributed by atoms with Crippen molar-refractivity contribution in [2.75, 3.05) is 6.54 Å². The van der Waals surface area contributed by atoms with Gasteiger partial charge in [-0.05, 0) is 12.8 Å². The highest BCUT2D eigenvalue weighted by molar-refractivity contribution is 7.90. The number of nitriles is 1. The zero-order chi connectivity index (χ0) is 14.6. The van der Waals surface area contributed by atoms with Crippen molar-refractivity contribution in [2.24, 2.45) is 0 Å². The van der Waals surface area contributed by atoms with Gasteiger partial charge >= 0.3 is 0 Å². The van der Waals surface area contributed by atoms with Crippen molar-refractivity contribution in [3.63, 3.8) is 0 Å². The zero-order valence-electron chi connectivity index (χ0n) is 12.3. The van der Waals surface area contributed by atoms with Crippen LogP contribution in [0.25, 0.3) is 0 Å². The van der Waals surface area contributed by atoms with E-state index < -0.39 is 15.3 Å². The molecule has 0 amide bonds. The van der Waals surface area contributed by atoms with E-state index in [1.54, 1.807) is 0 Å². The highest BCUT2D eigenvalue weighted by Crippen LogP contribution is 2.11. The van der Waals surface area contributed by atoms with Gasteiger partial charge in [0.25, 0.3) is 0 Å². The summed E-state index contributed by atoms with van der Waals surface area (Å²) in [6.45, 7) is 4.68. The van der Waals surface area contributed by atoms with Gasteiger partial charge < -0.3 is 0 Å². The minimum atomic E-state index is -3.46. The largest absolute Gasteiger partial charge is 0.227 e. The maximum absolute atomic E-state index is 11.9. The highest BCUT2D eigenvalue weighted by Gasteiger charge is 2.23. The van der Waals surface area contributed by atoms with Crippen LogP contribution in [0, 0.1) is 11.3 Å². The maximum Gasteiger partial charge on any atom is 0.227 e. The van der Waals surface area contributed by atoms with Crippen molar-refractivity contribution >= 4 is 10.0 Å². The topological polar surface area (TPSA) is 70.0 Å². The summed E-state index contributed by atoms with van der Waals surface area (Å²) in [5.41, 5.74) is 0. The van der Waals surface area contributed by atoms with Gasteiger partial charge in [0.15, 0.2) is 5.25 Å². The Morgan fingerprint density at radius 3 is 2.11 bits per heavy atom. The van der Waals surface area contributed by atoms with Gasteiger partial charge in [-0.25, -0.2) is 13.1 Å². The minimum absolute atomic E-state index is 0.445. The average Bonchev–Trinajstić information content (AvgIpc) is 2.38. The highest BCUT2D eigenvalue weighted by atomic mass is 32.2. The van der Waals surface area contributed by atoms with Crippen LogP contribution in [0.1, 0.15) is 71.6 Å². The van der Waals surface area contributed by atoms with Crippen LogP contribution in [0.4, 0.5) is 0 Å². The van der Waals surface area contributed by atoms with Crippen molar-refractivity contribution in [3.8, 4) is 6.07 Å². The first-order valence-corrected chi connectivity index (χ1v) is 9.01. The van der Waals surface area contributed by atoms with Crippen molar-refractivity contribution < 1.29 is 8.42 Å². The molecule has 5 heteroatoms. The Kier molecular flexibility index (Phi) is 10.9. The van der Waals surface area contributed by atoms with Crippen molar-refractivity contribution in [2.45, 2.75) is 76.9 Å². The summed E-state index contributed by atoms with van der Waals surface area (Å²) in [5.74, 6) is 0. The third-order valence-corrected chi connectivity index (χ3v) is 4.87. The molecule has 0 spiro atoms. The molecular formula is C14H28N2O2S. The molecule has 0 heterocycles. The summed E-state index contributed by atoms with van der Waals surface area (Å²) in [5, 5.41) is 8.10. The Morgan fingerprint density at radius 1 is 1.00 bits per heavy atom. The second-order valence-corrected chi connectivity index (χ2v) is 6.91. The molecule has 0 fully saturated rings. The normalized spacial score (nSPS) is 13.1. The number of unbranched alkanes of at least 4 members (excludes halogenated alkanes) is 6. The van der Waals surface area contributed by atoms with Gasteiger partial charge in [-0.3, -0.25) is 0 Å². The summed E-state index contributed by atoms with van der Waals surface area (Å²) in [7, 11) is -3.46. The molecule has 0 radical (unpaired) electrons. The predicted molar refractivity (Wildman–Crippen MR) is 79.2 cm³/mol. The van der Waals surface area contributed by atoms with E-state index in [9.17, 15) is 8.42 Å². The molecule has 0 aromatic heterocycles. The molecule has 0 aromatic rings. The van der Waals surface area contributed by atoms with Crippen LogP contribution in [0.2, 0.25) is 0 Å². The second kappa shape index (κ2) is 11.2. The molecule has 112 valence electrons. The van der Waals surface area contributed by atoms with Gasteiger partial charge in [0.2, 0.25) is 10.0 Å². The minimum Gasteiger partial charge on any atom is -0.214 e. The first-order valence-electron chi connectivity index (χ1n) is 7.46. The van der Waals surface area contributed by atoms with Gasteiger partial charge in [-0.1, -0.05) is 58.8 Å². The van der Waals surface area contributed by atoms with E-state index in [1.807, 2.05) is 6.07 Å². The average molecular weight is 288 g/mol. The molecule has 0 saturated carbocycles. The number of hydrogen-bond acceptors (Lipinski definition) is 3. The van der Waals surface area contributed by atoms with Crippen LogP contribution < -0.4 is 4.72 Å². The lowest BCUT2D eigenvalue weighted by Crippen LogP contribution is -2.34. The van der Waals surface area contributed by atoms with Crippen molar-refractivity contribution in [1.29, 1.82) is 5.26 Å². The van der Waals surface area contributed by atoms with Crippen molar-refractivity contribution in [1.82, 2.24) is 4.72 Å². The molecule has 19 heavy (non-hydrogen) atoms. The molecule has 4 nitrogen and oxygen atoms in total. The lowest BCUT2D eigenvalue weighted by atomic mass is 10.1. The standard InChI is InChI=1S/C14H28N2O2S/c1-3-5-7-9-11-14(13-15)19(17,18)16-12-10-8-6-4-2/h14,16H,3-12H2,1-2H3. The number of rotatable bonds is 12. The Hall–Kier alpha value is -0.600. The first-order chi connectivity index (χ1) is 9.08. The van der Waals surface area contributed by atoms with Gasteiger partial charge in [0.05, 0.1) is 6.07 Å². The molecule has 0 rings (SSSR count). The Bertz CT molecular complexity index is 347. The Labute approximate surface area is 118 Å².